The lowest BCUT2D eigenvalue weighted by atomic mass is 10.2. The molecule has 0 aromatic heterocycles. The first-order chi connectivity index (χ1) is 7.22. The van der Waals surface area contributed by atoms with E-state index in [4.69, 9.17) is 4.74 Å². The second-order valence-electron chi connectivity index (χ2n) is 4.08. The van der Waals surface area contributed by atoms with Crippen molar-refractivity contribution in [2.45, 2.75) is 13.8 Å². The highest BCUT2D eigenvalue weighted by Crippen LogP contribution is 2.10. The van der Waals surface area contributed by atoms with Gasteiger partial charge in [-0.15, -0.1) is 0 Å². The van der Waals surface area contributed by atoms with E-state index in [-0.39, 0.29) is 0 Å². The highest BCUT2D eigenvalue weighted by atomic mass is 16.5. The first kappa shape index (κ1) is 12.1. The van der Waals surface area contributed by atoms with Crippen LogP contribution in [0, 0.1) is 5.92 Å². The summed E-state index contributed by atoms with van der Waals surface area (Å²) in [4.78, 5) is 2.30. The van der Waals surface area contributed by atoms with E-state index < -0.39 is 0 Å². The van der Waals surface area contributed by atoms with Gasteiger partial charge in [-0.2, -0.15) is 0 Å². The molecule has 0 aliphatic rings. The molecular formula is C13H21NO. The summed E-state index contributed by atoms with van der Waals surface area (Å²) >= 11 is 0. The second-order valence-corrected chi connectivity index (χ2v) is 4.08. The maximum atomic E-state index is 5.69. The molecule has 0 fully saturated rings. The summed E-state index contributed by atoms with van der Waals surface area (Å²) in [6.45, 7) is 7.35. The van der Waals surface area contributed by atoms with Gasteiger partial charge in [0.15, 0.2) is 0 Å². The van der Waals surface area contributed by atoms with Crippen LogP contribution in [0.5, 0.6) is 5.75 Å². The predicted molar refractivity (Wildman–Crippen MR) is 64.3 cm³/mol. The summed E-state index contributed by atoms with van der Waals surface area (Å²) in [5.41, 5.74) is 0. The Hall–Kier alpha value is -1.02. The third-order valence-corrected chi connectivity index (χ3v) is 2.44. The molecule has 0 aliphatic heterocycles. The third-order valence-electron chi connectivity index (χ3n) is 2.44. The number of rotatable bonds is 6. The largest absolute Gasteiger partial charge is 0.493 e. The molecule has 1 aromatic carbocycles. The zero-order valence-corrected chi connectivity index (χ0v) is 9.94. The van der Waals surface area contributed by atoms with E-state index in [9.17, 15) is 0 Å². The first-order valence-electron chi connectivity index (χ1n) is 5.58. The molecule has 1 unspecified atom stereocenters. The molecule has 15 heavy (non-hydrogen) atoms. The van der Waals surface area contributed by atoms with Crippen molar-refractivity contribution < 1.29 is 4.74 Å². The molecular weight excluding hydrogens is 186 g/mol. The van der Waals surface area contributed by atoms with Gasteiger partial charge in [0.25, 0.3) is 0 Å². The minimum absolute atomic E-state index is 0.565. The summed E-state index contributed by atoms with van der Waals surface area (Å²) < 4.78 is 5.69. The lowest BCUT2D eigenvalue weighted by molar-refractivity contribution is 0.210. The molecule has 2 heteroatoms. The Balaban J connectivity index is 2.25. The highest BCUT2D eigenvalue weighted by molar-refractivity contribution is 5.20. The van der Waals surface area contributed by atoms with Crippen LogP contribution in [-0.4, -0.2) is 31.6 Å². The molecule has 1 atom stereocenters. The van der Waals surface area contributed by atoms with Gasteiger partial charge >= 0.3 is 0 Å². The maximum absolute atomic E-state index is 5.69. The summed E-state index contributed by atoms with van der Waals surface area (Å²) in [7, 11) is 2.14. The van der Waals surface area contributed by atoms with Gasteiger partial charge in [0.1, 0.15) is 5.75 Å². The monoisotopic (exact) mass is 207 g/mol. The maximum Gasteiger partial charge on any atom is 0.119 e. The van der Waals surface area contributed by atoms with Gasteiger partial charge in [0.2, 0.25) is 0 Å². The fourth-order valence-corrected chi connectivity index (χ4v) is 1.47. The van der Waals surface area contributed by atoms with Crippen LogP contribution in [-0.2, 0) is 0 Å². The minimum atomic E-state index is 0.565. The normalized spacial score (nSPS) is 12.8. The number of hydrogen-bond acceptors (Lipinski definition) is 2. The molecule has 0 saturated carbocycles. The van der Waals surface area contributed by atoms with Crippen molar-refractivity contribution in [3.05, 3.63) is 30.3 Å². The van der Waals surface area contributed by atoms with E-state index in [0.29, 0.717) is 5.92 Å². The number of hydrogen-bond donors (Lipinski definition) is 0. The van der Waals surface area contributed by atoms with Crippen molar-refractivity contribution in [3.63, 3.8) is 0 Å². The van der Waals surface area contributed by atoms with Crippen molar-refractivity contribution in [1.82, 2.24) is 4.90 Å². The van der Waals surface area contributed by atoms with Crippen LogP contribution in [0.2, 0.25) is 0 Å². The summed E-state index contributed by atoms with van der Waals surface area (Å²) in [6.07, 6.45) is 0. The fourth-order valence-electron chi connectivity index (χ4n) is 1.47. The van der Waals surface area contributed by atoms with E-state index in [1.54, 1.807) is 0 Å². The van der Waals surface area contributed by atoms with Crippen LogP contribution in [0.1, 0.15) is 13.8 Å². The highest BCUT2D eigenvalue weighted by Gasteiger charge is 2.05. The minimum Gasteiger partial charge on any atom is -0.493 e. The second kappa shape index (κ2) is 6.46. The Morgan fingerprint density at radius 2 is 1.93 bits per heavy atom. The van der Waals surface area contributed by atoms with E-state index in [1.165, 1.54) is 0 Å². The molecule has 0 bridgehead atoms. The van der Waals surface area contributed by atoms with Crippen LogP contribution < -0.4 is 4.74 Å². The van der Waals surface area contributed by atoms with E-state index in [2.05, 4.69) is 25.8 Å². The van der Waals surface area contributed by atoms with Gasteiger partial charge in [-0.1, -0.05) is 32.0 Å². The summed E-state index contributed by atoms with van der Waals surface area (Å²) in [5.74, 6) is 1.53. The molecule has 84 valence electrons. The van der Waals surface area contributed by atoms with Gasteiger partial charge in [-0.25, -0.2) is 0 Å². The predicted octanol–water partition coefficient (Wildman–Crippen LogP) is 2.65. The van der Waals surface area contributed by atoms with Gasteiger partial charge in [-0.05, 0) is 25.7 Å². The van der Waals surface area contributed by atoms with E-state index in [0.717, 1.165) is 25.4 Å². The molecule has 0 saturated heterocycles. The average molecular weight is 207 g/mol. The molecule has 0 aliphatic carbocycles. The molecule has 0 radical (unpaired) electrons. The topological polar surface area (TPSA) is 12.5 Å². The average Bonchev–Trinajstić information content (AvgIpc) is 2.27. The summed E-state index contributed by atoms with van der Waals surface area (Å²) in [6, 6.07) is 9.99. The summed E-state index contributed by atoms with van der Waals surface area (Å²) in [5, 5.41) is 0. The fraction of sp³-hybridized carbons (Fsp3) is 0.538. The standard InChI is InChI=1S/C13H21NO/c1-4-14(3)10-12(2)11-15-13-8-6-5-7-9-13/h5-9,12H,4,10-11H2,1-3H3. The molecule has 0 N–H and O–H groups in total. The van der Waals surface area contributed by atoms with Crippen LogP contribution in [0.15, 0.2) is 30.3 Å². The number of benzene rings is 1. The van der Waals surface area contributed by atoms with Crippen molar-refractivity contribution in [2.75, 3.05) is 26.7 Å². The number of nitrogens with zero attached hydrogens (tertiary/aromatic N) is 1. The Morgan fingerprint density at radius 1 is 1.27 bits per heavy atom. The van der Waals surface area contributed by atoms with Crippen molar-refractivity contribution >= 4 is 0 Å². The van der Waals surface area contributed by atoms with Crippen LogP contribution in [0.25, 0.3) is 0 Å². The van der Waals surface area contributed by atoms with Crippen molar-refractivity contribution in [1.29, 1.82) is 0 Å². The van der Waals surface area contributed by atoms with Crippen LogP contribution >= 0.6 is 0 Å². The molecule has 1 aromatic rings. The Morgan fingerprint density at radius 3 is 2.53 bits per heavy atom. The quantitative estimate of drug-likeness (QED) is 0.711. The lowest BCUT2D eigenvalue weighted by Crippen LogP contribution is -2.27. The van der Waals surface area contributed by atoms with Gasteiger partial charge in [0, 0.05) is 12.5 Å². The smallest absolute Gasteiger partial charge is 0.119 e. The Labute approximate surface area is 92.9 Å². The number of para-hydroxylation sites is 1. The van der Waals surface area contributed by atoms with Crippen LogP contribution in [0.4, 0.5) is 0 Å². The van der Waals surface area contributed by atoms with Crippen molar-refractivity contribution in [3.8, 4) is 5.75 Å². The van der Waals surface area contributed by atoms with Gasteiger partial charge < -0.3 is 9.64 Å². The van der Waals surface area contributed by atoms with Gasteiger partial charge in [-0.3, -0.25) is 0 Å². The molecule has 1 rings (SSSR count). The first-order valence-corrected chi connectivity index (χ1v) is 5.58. The van der Waals surface area contributed by atoms with E-state index >= 15 is 0 Å². The zero-order chi connectivity index (χ0) is 11.1. The SMILES string of the molecule is CCN(C)CC(C)COc1ccccc1. The van der Waals surface area contributed by atoms with Gasteiger partial charge in [0.05, 0.1) is 6.61 Å². The number of ether oxygens (including phenoxy) is 1. The lowest BCUT2D eigenvalue weighted by Gasteiger charge is -2.19. The molecule has 0 heterocycles. The molecule has 0 spiro atoms. The molecule has 0 amide bonds. The Kier molecular flexibility index (Phi) is 5.19. The van der Waals surface area contributed by atoms with E-state index in [1.807, 2.05) is 30.3 Å². The third kappa shape index (κ3) is 4.84. The molecule has 2 nitrogen and oxygen atoms in total. The van der Waals surface area contributed by atoms with Crippen molar-refractivity contribution in [2.24, 2.45) is 5.92 Å². The Bertz CT molecular complexity index is 260. The van der Waals surface area contributed by atoms with Crippen LogP contribution in [0.3, 0.4) is 0 Å². The zero-order valence-electron chi connectivity index (χ0n) is 9.94.